The molecule has 1 fully saturated rings. The van der Waals surface area contributed by atoms with Crippen LogP contribution in [0, 0.1) is 5.41 Å². The highest BCUT2D eigenvalue weighted by Crippen LogP contribution is 2.38. The molecule has 1 aromatic rings. The number of carbonyl (C=O) groups is 1. The molecule has 0 bridgehead atoms. The lowest BCUT2D eigenvalue weighted by Crippen LogP contribution is -2.39. The zero-order valence-electron chi connectivity index (χ0n) is 13.9. The number of pyridine rings is 1. The van der Waals surface area contributed by atoms with E-state index >= 15 is 0 Å². The second-order valence-electron chi connectivity index (χ2n) is 6.36. The number of hydrogen-bond donors (Lipinski definition) is 1. The molecular weight excluding hydrogens is 333 g/mol. The molecule has 1 aliphatic carbocycles. The van der Waals surface area contributed by atoms with E-state index in [1.807, 2.05) is 24.1 Å². The van der Waals surface area contributed by atoms with Gasteiger partial charge in [-0.2, -0.15) is 0 Å². The standard InChI is InChI=1S/C17H27N3O.2ClH/c1-20(12-7-15-5-10-19-11-6-15)16(21)13-17(14-18)8-3-2-4-9-17;;/h5-6,10-11H,2-4,7-9,12-14,18H2,1H3;2*1H. The maximum absolute atomic E-state index is 12.5. The Balaban J connectivity index is 0.00000242. The van der Waals surface area contributed by atoms with Crippen molar-refractivity contribution in [2.75, 3.05) is 20.1 Å². The number of amides is 1. The summed E-state index contributed by atoms with van der Waals surface area (Å²) in [5.41, 5.74) is 7.25. The van der Waals surface area contributed by atoms with Crippen LogP contribution in [0.3, 0.4) is 0 Å². The van der Waals surface area contributed by atoms with Crippen LogP contribution in [0.1, 0.15) is 44.1 Å². The first-order chi connectivity index (χ1) is 10.2. The van der Waals surface area contributed by atoms with E-state index in [4.69, 9.17) is 5.73 Å². The Morgan fingerprint density at radius 3 is 2.39 bits per heavy atom. The van der Waals surface area contributed by atoms with Crippen LogP contribution in [0.5, 0.6) is 0 Å². The van der Waals surface area contributed by atoms with Gasteiger partial charge in [-0.05, 0) is 48.9 Å². The van der Waals surface area contributed by atoms with E-state index in [-0.39, 0.29) is 36.1 Å². The summed E-state index contributed by atoms with van der Waals surface area (Å²) in [6.07, 6.45) is 11.0. The molecule has 1 saturated carbocycles. The summed E-state index contributed by atoms with van der Waals surface area (Å²) in [4.78, 5) is 18.3. The Morgan fingerprint density at radius 2 is 1.83 bits per heavy atom. The number of nitrogens with two attached hydrogens (primary N) is 1. The van der Waals surface area contributed by atoms with Gasteiger partial charge in [0.15, 0.2) is 0 Å². The van der Waals surface area contributed by atoms with Crippen LogP contribution >= 0.6 is 24.8 Å². The van der Waals surface area contributed by atoms with Gasteiger partial charge in [-0.25, -0.2) is 0 Å². The Bertz CT molecular complexity index is 450. The van der Waals surface area contributed by atoms with Crippen LogP contribution < -0.4 is 5.73 Å². The lowest BCUT2D eigenvalue weighted by Gasteiger charge is -2.36. The molecule has 23 heavy (non-hydrogen) atoms. The smallest absolute Gasteiger partial charge is 0.222 e. The summed E-state index contributed by atoms with van der Waals surface area (Å²) in [5, 5.41) is 0. The molecule has 132 valence electrons. The van der Waals surface area contributed by atoms with E-state index in [0.29, 0.717) is 13.0 Å². The Kier molecular flexibility index (Phi) is 10.4. The maximum Gasteiger partial charge on any atom is 0.222 e. The lowest BCUT2D eigenvalue weighted by atomic mass is 9.71. The third-order valence-electron chi connectivity index (χ3n) is 4.78. The quantitative estimate of drug-likeness (QED) is 0.845. The molecule has 4 nitrogen and oxygen atoms in total. The first-order valence-electron chi connectivity index (χ1n) is 7.98. The molecule has 0 unspecified atom stereocenters. The molecule has 1 aromatic heterocycles. The van der Waals surface area contributed by atoms with E-state index in [0.717, 1.165) is 25.8 Å². The van der Waals surface area contributed by atoms with Gasteiger partial charge in [0.05, 0.1) is 0 Å². The lowest BCUT2D eigenvalue weighted by molar-refractivity contribution is -0.132. The summed E-state index contributed by atoms with van der Waals surface area (Å²) in [6.45, 7) is 1.39. The summed E-state index contributed by atoms with van der Waals surface area (Å²) >= 11 is 0. The molecule has 0 aliphatic heterocycles. The first kappa shape index (κ1) is 22.2. The molecule has 0 saturated heterocycles. The van der Waals surface area contributed by atoms with E-state index in [1.54, 1.807) is 12.4 Å². The second kappa shape index (κ2) is 10.8. The van der Waals surface area contributed by atoms with Crippen molar-refractivity contribution >= 4 is 30.7 Å². The molecule has 0 atom stereocenters. The van der Waals surface area contributed by atoms with Crippen LogP contribution in [-0.2, 0) is 11.2 Å². The van der Waals surface area contributed by atoms with Crippen molar-refractivity contribution in [3.63, 3.8) is 0 Å². The topological polar surface area (TPSA) is 59.2 Å². The normalized spacial score (nSPS) is 15.9. The number of aromatic nitrogens is 1. The number of likely N-dealkylation sites (N-methyl/N-ethyl adjacent to an activating group) is 1. The molecule has 6 heteroatoms. The molecule has 0 spiro atoms. The highest BCUT2D eigenvalue weighted by Gasteiger charge is 2.33. The van der Waals surface area contributed by atoms with Gasteiger partial charge in [-0.1, -0.05) is 19.3 Å². The van der Waals surface area contributed by atoms with Crippen molar-refractivity contribution in [3.8, 4) is 0 Å². The number of nitrogens with zero attached hydrogens (tertiary/aromatic N) is 2. The van der Waals surface area contributed by atoms with Crippen LogP contribution in [0.15, 0.2) is 24.5 Å². The zero-order valence-corrected chi connectivity index (χ0v) is 15.5. The minimum Gasteiger partial charge on any atom is -0.345 e. The fourth-order valence-electron chi connectivity index (χ4n) is 3.18. The monoisotopic (exact) mass is 361 g/mol. The van der Waals surface area contributed by atoms with Crippen molar-refractivity contribution in [2.45, 2.75) is 44.9 Å². The van der Waals surface area contributed by atoms with E-state index in [1.165, 1.54) is 24.8 Å². The molecule has 2 N–H and O–H groups in total. The molecular formula is C17H29Cl2N3O. The summed E-state index contributed by atoms with van der Waals surface area (Å²) in [6, 6.07) is 4.00. The summed E-state index contributed by atoms with van der Waals surface area (Å²) in [5.74, 6) is 0.233. The van der Waals surface area contributed by atoms with Crippen molar-refractivity contribution in [1.29, 1.82) is 0 Å². The Hall–Kier alpha value is -0.840. The van der Waals surface area contributed by atoms with Gasteiger partial charge < -0.3 is 10.6 Å². The number of halogens is 2. The number of hydrogen-bond acceptors (Lipinski definition) is 3. The van der Waals surface area contributed by atoms with Crippen LogP contribution in [-0.4, -0.2) is 35.9 Å². The average Bonchev–Trinajstić information content (AvgIpc) is 2.54. The van der Waals surface area contributed by atoms with Gasteiger partial charge in [-0.15, -0.1) is 24.8 Å². The maximum atomic E-state index is 12.5. The Labute approximate surface area is 152 Å². The number of carbonyl (C=O) groups excluding carboxylic acids is 1. The zero-order chi connectivity index (χ0) is 15.1. The fourth-order valence-corrected chi connectivity index (χ4v) is 3.18. The van der Waals surface area contributed by atoms with Crippen molar-refractivity contribution in [1.82, 2.24) is 9.88 Å². The van der Waals surface area contributed by atoms with Crippen LogP contribution in [0.4, 0.5) is 0 Å². The SMILES string of the molecule is CN(CCc1ccncc1)C(=O)CC1(CN)CCCCC1.Cl.Cl. The number of rotatable bonds is 6. The minimum atomic E-state index is 0. The Morgan fingerprint density at radius 1 is 1.22 bits per heavy atom. The largest absolute Gasteiger partial charge is 0.345 e. The van der Waals surface area contributed by atoms with Crippen molar-refractivity contribution in [3.05, 3.63) is 30.1 Å². The van der Waals surface area contributed by atoms with Gasteiger partial charge in [-0.3, -0.25) is 9.78 Å². The van der Waals surface area contributed by atoms with Crippen LogP contribution in [0.25, 0.3) is 0 Å². The van der Waals surface area contributed by atoms with Gasteiger partial charge in [0, 0.05) is 32.4 Å². The highest BCUT2D eigenvalue weighted by atomic mass is 35.5. The van der Waals surface area contributed by atoms with Gasteiger partial charge in [0.25, 0.3) is 0 Å². The fraction of sp³-hybridized carbons (Fsp3) is 0.647. The van der Waals surface area contributed by atoms with Crippen molar-refractivity contribution in [2.24, 2.45) is 11.1 Å². The third-order valence-corrected chi connectivity index (χ3v) is 4.78. The van der Waals surface area contributed by atoms with Gasteiger partial charge >= 0.3 is 0 Å². The second-order valence-corrected chi connectivity index (χ2v) is 6.36. The van der Waals surface area contributed by atoms with E-state index < -0.39 is 0 Å². The molecule has 0 radical (unpaired) electrons. The summed E-state index contributed by atoms with van der Waals surface area (Å²) < 4.78 is 0. The van der Waals surface area contributed by atoms with E-state index in [9.17, 15) is 4.79 Å². The minimum absolute atomic E-state index is 0. The first-order valence-corrected chi connectivity index (χ1v) is 7.98. The van der Waals surface area contributed by atoms with E-state index in [2.05, 4.69) is 4.98 Å². The average molecular weight is 362 g/mol. The molecule has 1 heterocycles. The molecule has 2 rings (SSSR count). The highest BCUT2D eigenvalue weighted by molar-refractivity contribution is 5.85. The van der Waals surface area contributed by atoms with Crippen LogP contribution in [0.2, 0.25) is 0 Å². The molecule has 1 aliphatic rings. The predicted molar refractivity (Wildman–Crippen MR) is 99.3 cm³/mol. The third kappa shape index (κ3) is 6.66. The summed E-state index contributed by atoms with van der Waals surface area (Å²) in [7, 11) is 1.90. The van der Waals surface area contributed by atoms with Gasteiger partial charge in [0.2, 0.25) is 5.91 Å². The van der Waals surface area contributed by atoms with Crippen molar-refractivity contribution < 1.29 is 4.79 Å². The predicted octanol–water partition coefficient (Wildman–Crippen LogP) is 3.23. The molecule has 0 aromatic carbocycles. The molecule has 1 amide bonds. The van der Waals surface area contributed by atoms with Gasteiger partial charge in [0.1, 0.15) is 0 Å².